The second-order valence-electron chi connectivity index (χ2n) is 13.3. The Kier molecular flexibility index (Phi) is 5.35. The summed E-state index contributed by atoms with van der Waals surface area (Å²) in [5.74, 6) is -2.62. The summed E-state index contributed by atoms with van der Waals surface area (Å²) in [5.41, 5.74) is 0.343. The minimum Gasteiger partial charge on any atom is -0.481 e. The van der Waals surface area contributed by atoms with Crippen LogP contribution >= 0.6 is 0 Å². The molecule has 0 radical (unpaired) electrons. The highest BCUT2D eigenvalue weighted by molar-refractivity contribution is 6.23. The van der Waals surface area contributed by atoms with Gasteiger partial charge < -0.3 is 10.2 Å². The van der Waals surface area contributed by atoms with E-state index in [4.69, 9.17) is 0 Å². The van der Waals surface area contributed by atoms with Crippen LogP contribution in [0.2, 0.25) is 0 Å². The Balaban J connectivity index is 1.46. The van der Waals surface area contributed by atoms with Gasteiger partial charge in [-0.15, -0.1) is 0 Å². The Hall–Kier alpha value is -2.96. The van der Waals surface area contributed by atoms with Gasteiger partial charge in [0.05, 0.1) is 28.5 Å². The number of aromatic carboxylic acids is 1. The number of benzene rings is 1. The Labute approximate surface area is 223 Å². The van der Waals surface area contributed by atoms with Gasteiger partial charge in [0.2, 0.25) is 11.8 Å². The van der Waals surface area contributed by atoms with Crippen LogP contribution in [0.1, 0.15) is 76.6 Å². The van der Waals surface area contributed by atoms with E-state index < -0.39 is 34.6 Å². The van der Waals surface area contributed by atoms with Crippen molar-refractivity contribution in [1.29, 1.82) is 0 Å². The van der Waals surface area contributed by atoms with Crippen molar-refractivity contribution >= 4 is 29.4 Å². The van der Waals surface area contributed by atoms with Crippen molar-refractivity contribution in [1.82, 2.24) is 0 Å². The molecular formula is C31H37NO6. The summed E-state index contributed by atoms with van der Waals surface area (Å²) in [6.45, 7) is 8.51. The summed E-state index contributed by atoms with van der Waals surface area (Å²) in [6, 6.07) is 5.99. The number of carboxylic acid groups (broad SMARTS) is 2. The number of rotatable bonds is 4. The van der Waals surface area contributed by atoms with Crippen LogP contribution in [0.25, 0.3) is 0 Å². The Bertz CT molecular complexity index is 1280. The number of nitrogens with zero attached hydrogens (tertiary/aromatic N) is 1. The predicted octanol–water partition coefficient (Wildman–Crippen LogP) is 5.40. The molecular weight excluding hydrogens is 482 g/mol. The van der Waals surface area contributed by atoms with Gasteiger partial charge in [-0.2, -0.15) is 0 Å². The Morgan fingerprint density at radius 2 is 1.66 bits per heavy atom. The number of fused-ring (bicyclic) bond motifs is 1. The van der Waals surface area contributed by atoms with Crippen molar-refractivity contribution in [2.45, 2.75) is 66.2 Å². The first-order valence-electron chi connectivity index (χ1n) is 14.0. The SMILES string of the molecule is CC(C)C1=C[C@@]23CC[C@H]4[C@](C)(CCC[C@@]4(C)C(=O)O)[C@@H]2C[C@H]1[C@H]1C(=O)N(c2ccc(C(=O)O)cc2)C(=O)[C@@H]13. The van der Waals surface area contributed by atoms with Crippen LogP contribution in [0.5, 0.6) is 0 Å². The molecule has 3 saturated carbocycles. The molecule has 7 heteroatoms. The van der Waals surface area contributed by atoms with E-state index in [9.17, 15) is 29.4 Å². The number of anilines is 1. The number of allylic oxidation sites excluding steroid dienone is 2. The van der Waals surface area contributed by atoms with Gasteiger partial charge in [-0.25, -0.2) is 4.79 Å². The number of imide groups is 1. The van der Waals surface area contributed by atoms with E-state index in [0.29, 0.717) is 12.1 Å². The first-order valence-corrected chi connectivity index (χ1v) is 14.0. The van der Waals surface area contributed by atoms with Gasteiger partial charge in [-0.1, -0.05) is 38.8 Å². The summed E-state index contributed by atoms with van der Waals surface area (Å²) in [6.07, 6.45) is 7.13. The van der Waals surface area contributed by atoms with Crippen LogP contribution in [0, 0.1) is 51.8 Å². The topological polar surface area (TPSA) is 112 Å². The molecule has 4 fully saturated rings. The largest absolute Gasteiger partial charge is 0.481 e. The van der Waals surface area contributed by atoms with E-state index in [-0.39, 0.29) is 46.5 Å². The molecule has 38 heavy (non-hydrogen) atoms. The van der Waals surface area contributed by atoms with Crippen molar-refractivity contribution in [3.8, 4) is 0 Å². The fourth-order valence-electron chi connectivity index (χ4n) is 9.97. The smallest absolute Gasteiger partial charge is 0.335 e. The highest BCUT2D eigenvalue weighted by Crippen LogP contribution is 2.74. The number of carboxylic acids is 2. The monoisotopic (exact) mass is 519 g/mol. The van der Waals surface area contributed by atoms with E-state index in [1.165, 1.54) is 22.6 Å². The third-order valence-corrected chi connectivity index (χ3v) is 11.5. The van der Waals surface area contributed by atoms with Crippen LogP contribution < -0.4 is 4.90 Å². The quantitative estimate of drug-likeness (QED) is 0.407. The maximum atomic E-state index is 14.3. The van der Waals surface area contributed by atoms with Crippen LogP contribution in [0.4, 0.5) is 5.69 Å². The van der Waals surface area contributed by atoms with Gasteiger partial charge in [0.1, 0.15) is 0 Å². The van der Waals surface area contributed by atoms with Crippen molar-refractivity contribution < 1.29 is 29.4 Å². The third kappa shape index (κ3) is 3.02. The molecule has 8 atom stereocenters. The van der Waals surface area contributed by atoms with Crippen LogP contribution in [-0.4, -0.2) is 34.0 Å². The fourth-order valence-corrected chi connectivity index (χ4v) is 9.97. The average Bonchev–Trinajstić information content (AvgIpc) is 3.15. The van der Waals surface area contributed by atoms with Crippen LogP contribution in [0.15, 0.2) is 35.9 Å². The van der Waals surface area contributed by atoms with Gasteiger partial charge in [-0.05, 0) is 92.4 Å². The molecule has 7 rings (SSSR count). The maximum Gasteiger partial charge on any atom is 0.335 e. The fraction of sp³-hybridized carbons (Fsp3) is 0.613. The first-order chi connectivity index (χ1) is 17.9. The molecule has 2 amide bonds. The zero-order valence-electron chi connectivity index (χ0n) is 22.6. The molecule has 5 aliphatic carbocycles. The van der Waals surface area contributed by atoms with Crippen LogP contribution in [-0.2, 0) is 14.4 Å². The number of carbonyl (C=O) groups is 4. The number of carbonyl (C=O) groups excluding carboxylic acids is 2. The predicted molar refractivity (Wildman–Crippen MR) is 140 cm³/mol. The van der Waals surface area contributed by atoms with Gasteiger partial charge in [0, 0.05) is 5.41 Å². The summed E-state index contributed by atoms with van der Waals surface area (Å²) >= 11 is 0. The molecule has 6 aliphatic rings. The molecule has 2 N–H and O–H groups in total. The second kappa shape index (κ2) is 8.03. The van der Waals surface area contributed by atoms with Gasteiger partial charge in [-0.3, -0.25) is 19.3 Å². The second-order valence-corrected chi connectivity index (χ2v) is 13.3. The molecule has 2 bridgehead atoms. The molecule has 1 spiro atoms. The minimum atomic E-state index is -1.05. The lowest BCUT2D eigenvalue weighted by molar-refractivity contribution is -0.194. The first kappa shape index (κ1) is 25.3. The van der Waals surface area contributed by atoms with E-state index in [1.807, 2.05) is 6.92 Å². The highest BCUT2D eigenvalue weighted by atomic mass is 16.4. The number of aliphatic carboxylic acids is 1. The van der Waals surface area contributed by atoms with Crippen molar-refractivity contribution in [2.75, 3.05) is 4.90 Å². The Morgan fingerprint density at radius 1 is 0.974 bits per heavy atom. The number of hydrogen-bond acceptors (Lipinski definition) is 4. The van der Waals surface area contributed by atoms with Crippen molar-refractivity contribution in [3.05, 3.63) is 41.5 Å². The lowest BCUT2D eigenvalue weighted by Gasteiger charge is -2.68. The van der Waals surface area contributed by atoms with Gasteiger partial charge in [0.25, 0.3) is 0 Å². The molecule has 0 unspecified atom stereocenters. The number of amides is 2. The standard InChI is InChI=1S/C31H37NO6/c1-16(2)20-15-31-13-10-21-29(3,11-5-12-30(21,4)28(37)38)22(31)14-19(20)23-24(31)26(34)32(25(23)33)18-8-6-17(7-9-18)27(35)36/h6-9,15-16,19,21-24H,5,10-14H2,1-4H3,(H,35,36)(H,37,38)/t19-,21+,22+,23-,24-,29+,30-,31+/m1/s1. The van der Waals surface area contributed by atoms with Crippen molar-refractivity contribution in [3.63, 3.8) is 0 Å². The summed E-state index contributed by atoms with van der Waals surface area (Å²) in [5, 5.41) is 19.6. The van der Waals surface area contributed by atoms with E-state index in [0.717, 1.165) is 32.1 Å². The minimum absolute atomic E-state index is 0.0393. The lowest BCUT2D eigenvalue weighted by Crippen LogP contribution is -2.65. The Morgan fingerprint density at radius 3 is 2.26 bits per heavy atom. The average molecular weight is 520 g/mol. The van der Waals surface area contributed by atoms with Crippen LogP contribution in [0.3, 0.4) is 0 Å². The van der Waals surface area contributed by atoms with E-state index in [2.05, 4.69) is 26.8 Å². The van der Waals surface area contributed by atoms with Crippen molar-refractivity contribution in [2.24, 2.45) is 51.8 Å². The molecule has 1 aliphatic heterocycles. The van der Waals surface area contributed by atoms with Gasteiger partial charge >= 0.3 is 11.9 Å². The third-order valence-electron chi connectivity index (χ3n) is 11.5. The van der Waals surface area contributed by atoms with Gasteiger partial charge in [0.15, 0.2) is 0 Å². The van der Waals surface area contributed by atoms with E-state index in [1.54, 1.807) is 12.1 Å². The molecule has 202 valence electrons. The molecule has 1 saturated heterocycles. The lowest BCUT2D eigenvalue weighted by atomic mass is 9.34. The molecule has 1 aromatic carbocycles. The summed E-state index contributed by atoms with van der Waals surface area (Å²) in [7, 11) is 0. The van der Waals surface area contributed by atoms with E-state index >= 15 is 0 Å². The maximum absolute atomic E-state index is 14.3. The number of hydrogen-bond donors (Lipinski definition) is 2. The molecule has 0 aromatic heterocycles. The summed E-state index contributed by atoms with van der Waals surface area (Å²) < 4.78 is 0. The molecule has 1 aromatic rings. The molecule has 1 heterocycles. The summed E-state index contributed by atoms with van der Waals surface area (Å²) in [4.78, 5) is 53.5. The normalized spacial score (nSPS) is 41.4. The zero-order valence-corrected chi connectivity index (χ0v) is 22.6. The molecule has 7 nitrogen and oxygen atoms in total. The zero-order chi connectivity index (χ0) is 27.4. The highest BCUT2D eigenvalue weighted by Gasteiger charge is 2.73.